The summed E-state index contributed by atoms with van der Waals surface area (Å²) in [7, 11) is -1.11. The zero-order chi connectivity index (χ0) is 11.4. The van der Waals surface area contributed by atoms with Crippen molar-refractivity contribution in [2.45, 2.75) is 23.5 Å². The number of hydrogen-bond acceptors (Lipinski definition) is 2. The van der Waals surface area contributed by atoms with E-state index in [1.807, 2.05) is 6.92 Å². The summed E-state index contributed by atoms with van der Waals surface area (Å²) < 4.78 is 12.0. The SMILES string of the molecule is CCC(CN)S(=O)c1ccc(Cl)c(Cl)c1. The lowest BCUT2D eigenvalue weighted by Gasteiger charge is -2.12. The molecule has 15 heavy (non-hydrogen) atoms. The van der Waals surface area contributed by atoms with Crippen LogP contribution in [-0.4, -0.2) is 16.0 Å². The molecule has 0 radical (unpaired) electrons. The Balaban J connectivity index is 2.96. The van der Waals surface area contributed by atoms with Crippen LogP contribution in [0.1, 0.15) is 13.3 Å². The summed E-state index contributed by atoms with van der Waals surface area (Å²) in [4.78, 5) is 0.682. The number of benzene rings is 1. The van der Waals surface area contributed by atoms with Gasteiger partial charge in [0.2, 0.25) is 0 Å². The van der Waals surface area contributed by atoms with Crippen LogP contribution in [-0.2, 0) is 10.8 Å². The highest BCUT2D eigenvalue weighted by Crippen LogP contribution is 2.25. The van der Waals surface area contributed by atoms with E-state index in [0.29, 0.717) is 21.5 Å². The lowest BCUT2D eigenvalue weighted by Crippen LogP contribution is -2.24. The predicted molar refractivity (Wildman–Crippen MR) is 66.0 cm³/mol. The van der Waals surface area contributed by atoms with E-state index in [0.717, 1.165) is 6.42 Å². The maximum Gasteiger partial charge on any atom is 0.0604 e. The van der Waals surface area contributed by atoms with E-state index in [4.69, 9.17) is 28.9 Å². The van der Waals surface area contributed by atoms with E-state index in [9.17, 15) is 4.21 Å². The average Bonchev–Trinajstić information content (AvgIpc) is 2.23. The van der Waals surface area contributed by atoms with Crippen molar-refractivity contribution in [3.63, 3.8) is 0 Å². The van der Waals surface area contributed by atoms with Crippen molar-refractivity contribution in [2.24, 2.45) is 5.73 Å². The first-order valence-corrected chi connectivity index (χ1v) is 6.62. The molecule has 0 spiro atoms. The predicted octanol–water partition coefficient (Wildman–Crippen LogP) is 2.84. The van der Waals surface area contributed by atoms with Gasteiger partial charge in [0.25, 0.3) is 0 Å². The van der Waals surface area contributed by atoms with Crippen LogP contribution in [0.4, 0.5) is 0 Å². The fourth-order valence-corrected chi connectivity index (χ4v) is 2.86. The van der Waals surface area contributed by atoms with Crippen molar-refractivity contribution >= 4 is 34.0 Å². The highest BCUT2D eigenvalue weighted by Gasteiger charge is 2.15. The molecule has 1 rings (SSSR count). The first-order valence-electron chi connectivity index (χ1n) is 4.65. The van der Waals surface area contributed by atoms with E-state index >= 15 is 0 Å². The first kappa shape index (κ1) is 13.0. The molecule has 0 fully saturated rings. The maximum absolute atomic E-state index is 12.0. The van der Waals surface area contributed by atoms with Crippen molar-refractivity contribution < 1.29 is 4.21 Å². The third kappa shape index (κ3) is 3.18. The Hall–Kier alpha value is -0.0900. The second-order valence-corrected chi connectivity index (χ2v) is 5.69. The van der Waals surface area contributed by atoms with Crippen LogP contribution in [0.25, 0.3) is 0 Å². The number of rotatable bonds is 4. The summed E-state index contributed by atoms with van der Waals surface area (Å²) in [5.74, 6) is 0. The first-order chi connectivity index (χ1) is 7.10. The molecule has 2 atom stereocenters. The minimum atomic E-state index is -1.11. The Kier molecular flexibility index (Phi) is 5.06. The fourth-order valence-electron chi connectivity index (χ4n) is 1.20. The standard InChI is InChI=1S/C10H13Cl2NOS/c1-2-7(6-13)15(14)8-3-4-9(11)10(12)5-8/h3-5,7H,2,6,13H2,1H3. The summed E-state index contributed by atoms with van der Waals surface area (Å²) in [5, 5.41) is 0.870. The van der Waals surface area contributed by atoms with Gasteiger partial charge in [0.05, 0.1) is 26.1 Å². The summed E-state index contributed by atoms with van der Waals surface area (Å²) >= 11 is 11.6. The van der Waals surface area contributed by atoms with Crippen LogP contribution in [0.2, 0.25) is 10.0 Å². The van der Waals surface area contributed by atoms with Gasteiger partial charge >= 0.3 is 0 Å². The molecule has 0 amide bonds. The Morgan fingerprint density at radius 2 is 2.07 bits per heavy atom. The van der Waals surface area contributed by atoms with Crippen molar-refractivity contribution in [3.8, 4) is 0 Å². The molecule has 84 valence electrons. The van der Waals surface area contributed by atoms with Gasteiger partial charge in [0.1, 0.15) is 0 Å². The van der Waals surface area contributed by atoms with Crippen LogP contribution in [0, 0.1) is 0 Å². The van der Waals surface area contributed by atoms with Crippen LogP contribution in [0.3, 0.4) is 0 Å². The summed E-state index contributed by atoms with van der Waals surface area (Å²) in [6.07, 6.45) is 0.781. The minimum Gasteiger partial charge on any atom is -0.329 e. The molecule has 0 aliphatic heterocycles. The third-order valence-corrected chi connectivity index (χ3v) is 4.73. The van der Waals surface area contributed by atoms with Crippen molar-refractivity contribution in [1.29, 1.82) is 0 Å². The Bertz CT molecular complexity index is 366. The summed E-state index contributed by atoms with van der Waals surface area (Å²) in [6.45, 7) is 2.37. The summed E-state index contributed by atoms with van der Waals surface area (Å²) in [5.41, 5.74) is 5.54. The molecule has 0 heterocycles. The van der Waals surface area contributed by atoms with Gasteiger partial charge in [-0.2, -0.15) is 0 Å². The van der Waals surface area contributed by atoms with Gasteiger partial charge in [-0.25, -0.2) is 0 Å². The van der Waals surface area contributed by atoms with E-state index in [-0.39, 0.29) is 5.25 Å². The largest absolute Gasteiger partial charge is 0.329 e. The molecule has 2 N–H and O–H groups in total. The quantitative estimate of drug-likeness (QED) is 0.910. The smallest absolute Gasteiger partial charge is 0.0604 e. The molecule has 0 aromatic heterocycles. The van der Waals surface area contributed by atoms with E-state index in [1.54, 1.807) is 18.2 Å². The molecule has 2 nitrogen and oxygen atoms in total. The Labute approximate surface area is 102 Å². The maximum atomic E-state index is 12.0. The number of hydrogen-bond donors (Lipinski definition) is 1. The molecular weight excluding hydrogens is 253 g/mol. The molecule has 0 saturated carbocycles. The zero-order valence-corrected chi connectivity index (χ0v) is 10.7. The van der Waals surface area contributed by atoms with Crippen LogP contribution in [0.5, 0.6) is 0 Å². The number of halogens is 2. The van der Waals surface area contributed by atoms with Crippen molar-refractivity contribution in [1.82, 2.24) is 0 Å². The Morgan fingerprint density at radius 3 is 2.53 bits per heavy atom. The molecule has 0 aliphatic carbocycles. The van der Waals surface area contributed by atoms with E-state index in [2.05, 4.69) is 0 Å². The van der Waals surface area contributed by atoms with Gasteiger partial charge in [-0.05, 0) is 24.6 Å². The monoisotopic (exact) mass is 265 g/mol. The second kappa shape index (κ2) is 5.85. The molecule has 0 bridgehead atoms. The van der Waals surface area contributed by atoms with Gasteiger partial charge in [0.15, 0.2) is 0 Å². The Morgan fingerprint density at radius 1 is 1.40 bits per heavy atom. The average molecular weight is 266 g/mol. The van der Waals surface area contributed by atoms with Gasteiger partial charge < -0.3 is 5.73 Å². The normalized spacial score (nSPS) is 14.9. The molecule has 2 unspecified atom stereocenters. The molecule has 0 saturated heterocycles. The number of nitrogens with two attached hydrogens (primary N) is 1. The molecular formula is C10H13Cl2NOS. The zero-order valence-electron chi connectivity index (χ0n) is 8.37. The van der Waals surface area contributed by atoms with Gasteiger partial charge in [-0.3, -0.25) is 4.21 Å². The van der Waals surface area contributed by atoms with Crippen molar-refractivity contribution in [3.05, 3.63) is 28.2 Å². The lowest BCUT2D eigenvalue weighted by atomic mass is 10.3. The van der Waals surface area contributed by atoms with Gasteiger partial charge in [-0.1, -0.05) is 30.1 Å². The summed E-state index contributed by atoms with van der Waals surface area (Å²) in [6, 6.07) is 5.02. The van der Waals surface area contributed by atoms with Crippen LogP contribution >= 0.6 is 23.2 Å². The second-order valence-electron chi connectivity index (χ2n) is 3.14. The van der Waals surface area contributed by atoms with Gasteiger partial charge in [0, 0.05) is 11.4 Å². The highest BCUT2D eigenvalue weighted by atomic mass is 35.5. The third-order valence-electron chi connectivity index (χ3n) is 2.14. The molecule has 1 aromatic carbocycles. The highest BCUT2D eigenvalue weighted by molar-refractivity contribution is 7.85. The molecule has 0 aliphatic rings. The van der Waals surface area contributed by atoms with Crippen LogP contribution < -0.4 is 5.73 Å². The molecule has 1 aromatic rings. The van der Waals surface area contributed by atoms with Crippen molar-refractivity contribution in [2.75, 3.05) is 6.54 Å². The topological polar surface area (TPSA) is 43.1 Å². The molecule has 5 heteroatoms. The van der Waals surface area contributed by atoms with E-state index < -0.39 is 10.8 Å². The lowest BCUT2D eigenvalue weighted by molar-refractivity contribution is 0.664. The minimum absolute atomic E-state index is 0.0257. The fraction of sp³-hybridized carbons (Fsp3) is 0.400. The van der Waals surface area contributed by atoms with Crippen LogP contribution in [0.15, 0.2) is 23.1 Å². The van der Waals surface area contributed by atoms with Gasteiger partial charge in [-0.15, -0.1) is 0 Å². The van der Waals surface area contributed by atoms with E-state index in [1.165, 1.54) is 0 Å².